The Morgan fingerprint density at radius 1 is 0.979 bits per heavy atom. The number of hydrogen-bond acceptors (Lipinski definition) is 7. The van der Waals surface area contributed by atoms with E-state index < -0.39 is 0 Å². The Balaban J connectivity index is 1.18. The molecule has 2 atom stereocenters. The van der Waals surface area contributed by atoms with Crippen LogP contribution in [-0.2, 0) is 22.5 Å². The minimum absolute atomic E-state index is 0.0638. The molecule has 3 aliphatic rings. The van der Waals surface area contributed by atoms with Crippen LogP contribution >= 0.6 is 34.8 Å². The third-order valence-corrected chi connectivity index (χ3v) is 9.78. The van der Waals surface area contributed by atoms with Crippen molar-refractivity contribution in [2.45, 2.75) is 63.7 Å². The molecule has 0 spiro atoms. The number of ether oxygens (including phenoxy) is 3. The second-order valence-electron chi connectivity index (χ2n) is 12.5. The molecule has 250 valence electrons. The number of hydrogen-bond donors (Lipinski definition) is 2. The maximum Gasteiger partial charge on any atom is 0.252 e. The first-order valence-electron chi connectivity index (χ1n) is 16.3. The zero-order valence-electron chi connectivity index (χ0n) is 26.8. The van der Waals surface area contributed by atoms with Crippen LogP contribution in [0.4, 0.5) is 0 Å². The van der Waals surface area contributed by atoms with Crippen LogP contribution in [0.15, 0.2) is 54.2 Å². The number of nitrogens with one attached hydrogen (secondary N) is 2. The Hall–Kier alpha value is -2.85. The highest BCUT2D eigenvalue weighted by molar-refractivity contribution is 6.37. The number of amides is 1. The number of nitrogens with zero attached hydrogens (tertiary/aromatic N) is 2. The van der Waals surface area contributed by atoms with Crippen molar-refractivity contribution < 1.29 is 19.0 Å². The van der Waals surface area contributed by atoms with Crippen LogP contribution in [0.2, 0.25) is 15.1 Å². The van der Waals surface area contributed by atoms with Gasteiger partial charge in [0.2, 0.25) is 5.88 Å². The summed E-state index contributed by atoms with van der Waals surface area (Å²) in [6, 6.07) is 14.0. The van der Waals surface area contributed by atoms with Crippen molar-refractivity contribution in [2.75, 3.05) is 40.0 Å². The van der Waals surface area contributed by atoms with Crippen LogP contribution in [0.5, 0.6) is 11.6 Å². The smallest absolute Gasteiger partial charge is 0.252 e. The van der Waals surface area contributed by atoms with E-state index in [1.165, 1.54) is 5.56 Å². The highest BCUT2D eigenvalue weighted by Crippen LogP contribution is 2.37. The van der Waals surface area contributed by atoms with Gasteiger partial charge >= 0.3 is 0 Å². The lowest BCUT2D eigenvalue weighted by Crippen LogP contribution is -2.60. The summed E-state index contributed by atoms with van der Waals surface area (Å²) in [6.45, 7) is 5.18. The molecule has 2 fully saturated rings. The average Bonchev–Trinajstić information content (AvgIpc) is 3.90. The summed E-state index contributed by atoms with van der Waals surface area (Å²) in [4.78, 5) is 21.2. The van der Waals surface area contributed by atoms with Gasteiger partial charge in [-0.3, -0.25) is 4.79 Å². The Labute approximate surface area is 291 Å². The molecule has 1 aliphatic carbocycles. The first kappa shape index (κ1) is 34.0. The van der Waals surface area contributed by atoms with E-state index in [1.54, 1.807) is 7.11 Å². The zero-order valence-corrected chi connectivity index (χ0v) is 29.1. The SMILES string of the molecule is COCCCc1ccc(Cl)c(CN(C(=O)C2=C(c3ccc(OCCOc4c(Cl)cc(C)cc4Cl)nc3)C[C@H]3CNC[C@@H]2N3)C2CC2)c1. The molecule has 1 saturated heterocycles. The molecular formula is C36H41Cl3N4O4. The minimum atomic E-state index is -0.0874. The molecule has 1 amide bonds. The monoisotopic (exact) mass is 698 g/mol. The van der Waals surface area contributed by atoms with Gasteiger partial charge in [0.1, 0.15) is 13.2 Å². The molecule has 1 aromatic heterocycles. The van der Waals surface area contributed by atoms with Gasteiger partial charge in [-0.15, -0.1) is 0 Å². The van der Waals surface area contributed by atoms with Gasteiger partial charge in [-0.1, -0.05) is 46.9 Å². The molecule has 11 heteroatoms. The van der Waals surface area contributed by atoms with E-state index in [-0.39, 0.29) is 37.2 Å². The third kappa shape index (κ3) is 8.42. The first-order chi connectivity index (χ1) is 22.8. The van der Waals surface area contributed by atoms with Crippen LogP contribution in [0, 0.1) is 6.92 Å². The molecule has 8 nitrogen and oxygen atoms in total. The predicted octanol–water partition coefficient (Wildman–Crippen LogP) is 6.67. The third-order valence-electron chi connectivity index (χ3n) is 8.85. The first-order valence-corrected chi connectivity index (χ1v) is 17.4. The Bertz CT molecular complexity index is 1590. The quantitative estimate of drug-likeness (QED) is 0.182. The molecule has 0 unspecified atom stereocenters. The van der Waals surface area contributed by atoms with Crippen LogP contribution < -0.4 is 20.1 Å². The van der Waals surface area contributed by atoms with E-state index >= 15 is 0 Å². The molecule has 1 saturated carbocycles. The number of carbonyl (C=O) groups excluding carboxylic acids is 1. The number of rotatable bonds is 14. The number of carbonyl (C=O) groups is 1. The van der Waals surface area contributed by atoms with Crippen molar-refractivity contribution in [1.82, 2.24) is 20.5 Å². The summed E-state index contributed by atoms with van der Waals surface area (Å²) in [5, 5.41) is 8.83. The van der Waals surface area contributed by atoms with E-state index in [9.17, 15) is 4.79 Å². The highest BCUT2D eigenvalue weighted by Gasteiger charge is 2.41. The molecule has 2 aromatic carbocycles. The van der Waals surface area contributed by atoms with Crippen molar-refractivity contribution in [2.24, 2.45) is 0 Å². The molecule has 2 N–H and O–H groups in total. The summed E-state index contributed by atoms with van der Waals surface area (Å²) in [5.74, 6) is 0.981. The van der Waals surface area contributed by atoms with E-state index in [1.807, 2.05) is 48.4 Å². The summed E-state index contributed by atoms with van der Waals surface area (Å²) < 4.78 is 16.9. The molecule has 0 radical (unpaired) electrons. The van der Waals surface area contributed by atoms with Crippen molar-refractivity contribution in [3.05, 3.63) is 91.6 Å². The number of methoxy groups -OCH3 is 1. The fraction of sp³-hybridized carbons (Fsp3) is 0.444. The van der Waals surface area contributed by atoms with Crippen molar-refractivity contribution in [3.63, 3.8) is 0 Å². The van der Waals surface area contributed by atoms with E-state index in [0.717, 1.165) is 66.5 Å². The molecule has 3 heterocycles. The summed E-state index contributed by atoms with van der Waals surface area (Å²) in [7, 11) is 1.72. The summed E-state index contributed by atoms with van der Waals surface area (Å²) >= 11 is 19.3. The maximum atomic E-state index is 14.6. The Morgan fingerprint density at radius 3 is 2.49 bits per heavy atom. The lowest BCUT2D eigenvalue weighted by atomic mass is 9.84. The average molecular weight is 700 g/mol. The Kier molecular flexibility index (Phi) is 11.3. The van der Waals surface area contributed by atoms with Gasteiger partial charge in [0.25, 0.3) is 5.91 Å². The fourth-order valence-corrected chi connectivity index (χ4v) is 7.30. The van der Waals surface area contributed by atoms with Gasteiger partial charge in [-0.2, -0.15) is 0 Å². The normalized spacial score (nSPS) is 19.1. The second-order valence-corrected chi connectivity index (χ2v) is 13.7. The van der Waals surface area contributed by atoms with E-state index in [0.29, 0.717) is 46.4 Å². The van der Waals surface area contributed by atoms with Crippen molar-refractivity contribution in [1.29, 1.82) is 0 Å². The maximum absolute atomic E-state index is 14.6. The van der Waals surface area contributed by atoms with Gasteiger partial charge in [-0.25, -0.2) is 4.98 Å². The predicted molar refractivity (Wildman–Crippen MR) is 187 cm³/mol. The van der Waals surface area contributed by atoms with Crippen LogP contribution in [0.25, 0.3) is 5.57 Å². The number of fused-ring (bicyclic) bond motifs is 2. The van der Waals surface area contributed by atoms with Crippen LogP contribution in [0.3, 0.4) is 0 Å². The number of aromatic nitrogens is 1. The second kappa shape index (κ2) is 15.6. The Morgan fingerprint density at radius 2 is 1.77 bits per heavy atom. The van der Waals surface area contributed by atoms with Crippen molar-refractivity contribution in [3.8, 4) is 11.6 Å². The number of benzene rings is 2. The van der Waals surface area contributed by atoms with Gasteiger partial charge < -0.3 is 29.7 Å². The van der Waals surface area contributed by atoms with Gasteiger partial charge in [-0.05, 0) is 91.1 Å². The molecule has 3 aromatic rings. The number of halogens is 3. The zero-order chi connectivity index (χ0) is 32.9. The molecule has 6 rings (SSSR count). The largest absolute Gasteiger partial charge is 0.487 e. The van der Waals surface area contributed by atoms with E-state index in [4.69, 9.17) is 49.0 Å². The van der Waals surface area contributed by atoms with Gasteiger partial charge in [0, 0.05) is 68.3 Å². The topological polar surface area (TPSA) is 85.0 Å². The number of aryl methyl sites for hydroxylation is 2. The van der Waals surface area contributed by atoms with E-state index in [2.05, 4.69) is 27.8 Å². The number of piperazine rings is 1. The summed E-state index contributed by atoms with van der Waals surface area (Å²) in [5.41, 5.74) is 5.93. The van der Waals surface area contributed by atoms with Gasteiger partial charge in [0.05, 0.1) is 16.1 Å². The fourth-order valence-electron chi connectivity index (χ4n) is 6.41. The van der Waals surface area contributed by atoms with Gasteiger partial charge in [0.15, 0.2) is 5.75 Å². The van der Waals surface area contributed by atoms with Crippen LogP contribution in [-0.4, -0.2) is 73.9 Å². The molecule has 2 bridgehead atoms. The summed E-state index contributed by atoms with van der Waals surface area (Å²) in [6.07, 6.45) is 6.37. The van der Waals surface area contributed by atoms with Crippen molar-refractivity contribution >= 4 is 46.3 Å². The molecular weight excluding hydrogens is 659 g/mol. The lowest BCUT2D eigenvalue weighted by molar-refractivity contribution is -0.128. The molecule has 47 heavy (non-hydrogen) atoms. The molecule has 2 aliphatic heterocycles. The lowest BCUT2D eigenvalue weighted by Gasteiger charge is -2.40. The standard InChI is InChI=1S/C36H41Cl3N4O4/c1-22-14-30(38)35(31(39)15-22)47-13-12-46-33-10-6-24(18-41-33)28-17-26-19-40-20-32(42-26)34(28)36(44)43(27-7-8-27)21-25-16-23(4-3-11-45-2)5-9-29(25)37/h5-6,9-10,14-16,18,26-27,32,40,42H,3-4,7-8,11-13,17,19-21H2,1-2H3/t26-,32-/m0/s1. The van der Waals surface area contributed by atoms with Crippen LogP contribution in [0.1, 0.15) is 47.9 Å². The number of pyridine rings is 1. The highest BCUT2D eigenvalue weighted by atomic mass is 35.5. The minimum Gasteiger partial charge on any atom is -0.487 e.